The maximum Gasteiger partial charge on any atom is 0.336 e. The highest BCUT2D eigenvalue weighted by molar-refractivity contribution is 9.10. The van der Waals surface area contributed by atoms with Crippen LogP contribution in [0.3, 0.4) is 0 Å². The van der Waals surface area contributed by atoms with E-state index in [0.29, 0.717) is 16.3 Å². The first-order valence-electron chi connectivity index (χ1n) is 7.79. The first-order valence-corrected chi connectivity index (χ1v) is 8.96. The Morgan fingerprint density at radius 2 is 1.72 bits per heavy atom. The number of hydrogen-bond acceptors (Lipinski definition) is 3. The third kappa shape index (κ3) is 2.87. The van der Waals surface area contributed by atoms with Crippen molar-refractivity contribution < 1.29 is 14.3 Å². The molecule has 2 aliphatic rings. The molecule has 1 atom stereocenters. The minimum absolute atomic E-state index is 0.0562. The van der Waals surface area contributed by atoms with E-state index in [9.17, 15) is 9.59 Å². The number of nitrogens with zero attached hydrogens (tertiary/aromatic N) is 1. The predicted molar refractivity (Wildman–Crippen MR) is 98.4 cm³/mol. The van der Waals surface area contributed by atoms with Gasteiger partial charge < -0.3 is 4.74 Å². The Morgan fingerprint density at radius 3 is 2.40 bits per heavy atom. The van der Waals surface area contributed by atoms with E-state index in [-0.39, 0.29) is 30.8 Å². The van der Waals surface area contributed by atoms with E-state index >= 15 is 0 Å². The zero-order valence-corrected chi connectivity index (χ0v) is 15.4. The van der Waals surface area contributed by atoms with Crippen molar-refractivity contribution in [3.05, 3.63) is 74.9 Å². The Hall–Kier alpha value is -2.11. The summed E-state index contributed by atoms with van der Waals surface area (Å²) in [6.45, 7) is 0.111. The molecule has 1 unspecified atom stereocenters. The van der Waals surface area contributed by atoms with Crippen LogP contribution in [-0.4, -0.2) is 18.5 Å². The summed E-state index contributed by atoms with van der Waals surface area (Å²) in [7, 11) is 0. The van der Waals surface area contributed by atoms with Crippen LogP contribution < -0.4 is 4.90 Å². The number of carbonyl (C=O) groups is 2. The smallest absolute Gasteiger partial charge is 0.336 e. The summed E-state index contributed by atoms with van der Waals surface area (Å²) in [6, 6.07) is 14.7. The van der Waals surface area contributed by atoms with E-state index in [1.807, 2.05) is 36.4 Å². The Morgan fingerprint density at radius 1 is 1.04 bits per heavy atom. The highest BCUT2D eigenvalue weighted by atomic mass is 79.9. The van der Waals surface area contributed by atoms with Crippen LogP contribution in [0, 0.1) is 0 Å². The lowest BCUT2D eigenvalue weighted by molar-refractivity contribution is -0.136. The quantitative estimate of drug-likeness (QED) is 0.678. The lowest BCUT2D eigenvalue weighted by Crippen LogP contribution is -2.37. The van der Waals surface area contributed by atoms with Gasteiger partial charge in [-0.2, -0.15) is 0 Å². The largest absolute Gasteiger partial charge is 0.456 e. The summed E-state index contributed by atoms with van der Waals surface area (Å²) in [5.41, 5.74) is 2.81. The van der Waals surface area contributed by atoms with Crippen LogP contribution >= 0.6 is 27.5 Å². The van der Waals surface area contributed by atoms with Gasteiger partial charge in [-0.15, -0.1) is 0 Å². The van der Waals surface area contributed by atoms with Gasteiger partial charge in [-0.25, -0.2) is 4.79 Å². The number of cyclic esters (lactones) is 1. The highest BCUT2D eigenvalue weighted by Crippen LogP contribution is 2.42. The van der Waals surface area contributed by atoms with E-state index in [4.69, 9.17) is 16.3 Å². The molecule has 2 heterocycles. The van der Waals surface area contributed by atoms with Gasteiger partial charge >= 0.3 is 5.97 Å². The molecule has 0 saturated carbocycles. The molecule has 2 aliphatic heterocycles. The van der Waals surface area contributed by atoms with E-state index in [2.05, 4.69) is 15.9 Å². The molecule has 4 nitrogen and oxygen atoms in total. The second-order valence-electron chi connectivity index (χ2n) is 5.95. The number of rotatable bonds is 2. The molecule has 2 aromatic carbocycles. The third-order valence-corrected chi connectivity index (χ3v) is 5.26. The number of esters is 1. The number of carbonyl (C=O) groups excluding carboxylic acids is 2. The predicted octanol–water partition coefficient (Wildman–Crippen LogP) is 4.43. The van der Waals surface area contributed by atoms with Crippen molar-refractivity contribution in [2.24, 2.45) is 0 Å². The fourth-order valence-electron chi connectivity index (χ4n) is 3.32. The van der Waals surface area contributed by atoms with E-state index in [1.165, 1.54) is 0 Å². The SMILES string of the molecule is O=C1OCC2=C1C(c1ccc(Cl)cc1)CC(=O)N2c1ccc(Br)cc1. The molecule has 2 aromatic rings. The summed E-state index contributed by atoms with van der Waals surface area (Å²) >= 11 is 9.34. The van der Waals surface area contributed by atoms with Crippen molar-refractivity contribution in [1.82, 2.24) is 0 Å². The average molecular weight is 419 g/mol. The van der Waals surface area contributed by atoms with Gasteiger partial charge in [0, 0.05) is 27.5 Å². The van der Waals surface area contributed by atoms with Crippen LogP contribution in [-0.2, 0) is 14.3 Å². The van der Waals surface area contributed by atoms with Gasteiger partial charge in [-0.1, -0.05) is 39.7 Å². The molecule has 0 saturated heterocycles. The standard InChI is InChI=1S/C19H13BrClNO3/c20-12-3-7-14(8-4-12)22-16-10-25-19(24)18(16)15(9-17(22)23)11-1-5-13(21)6-2-11/h1-8,15H,9-10H2. The monoisotopic (exact) mass is 417 g/mol. The van der Waals surface area contributed by atoms with Gasteiger partial charge in [-0.3, -0.25) is 9.69 Å². The minimum atomic E-state index is -0.357. The van der Waals surface area contributed by atoms with Crippen LogP contribution in [0.2, 0.25) is 5.02 Å². The molecule has 0 spiro atoms. The molecule has 0 radical (unpaired) electrons. The molecule has 1 amide bonds. The average Bonchev–Trinajstić information content (AvgIpc) is 2.98. The van der Waals surface area contributed by atoms with Gasteiger partial charge in [0.1, 0.15) is 6.61 Å². The molecule has 0 aromatic heterocycles. The third-order valence-electron chi connectivity index (χ3n) is 4.47. The first kappa shape index (κ1) is 16.4. The lowest BCUT2D eigenvalue weighted by Gasteiger charge is -2.31. The van der Waals surface area contributed by atoms with Gasteiger partial charge in [-0.05, 0) is 42.0 Å². The van der Waals surface area contributed by atoms with E-state index in [0.717, 1.165) is 15.7 Å². The summed E-state index contributed by atoms with van der Waals surface area (Å²) in [4.78, 5) is 26.8. The topological polar surface area (TPSA) is 46.6 Å². The molecule has 0 aliphatic carbocycles. The molecule has 0 fully saturated rings. The van der Waals surface area contributed by atoms with Crippen molar-refractivity contribution in [1.29, 1.82) is 0 Å². The normalized spacial score (nSPS) is 19.9. The number of benzene rings is 2. The van der Waals surface area contributed by atoms with Crippen LogP contribution in [0.5, 0.6) is 0 Å². The Labute approximate surface area is 158 Å². The second-order valence-corrected chi connectivity index (χ2v) is 7.30. The van der Waals surface area contributed by atoms with E-state index < -0.39 is 0 Å². The molecule has 4 rings (SSSR count). The Balaban J connectivity index is 1.81. The van der Waals surface area contributed by atoms with Crippen LogP contribution in [0.4, 0.5) is 5.69 Å². The highest BCUT2D eigenvalue weighted by Gasteiger charge is 2.42. The zero-order chi connectivity index (χ0) is 17.6. The van der Waals surface area contributed by atoms with E-state index in [1.54, 1.807) is 17.0 Å². The van der Waals surface area contributed by atoms with Gasteiger partial charge in [0.15, 0.2) is 0 Å². The van der Waals surface area contributed by atoms with Crippen LogP contribution in [0.15, 0.2) is 64.3 Å². The fourth-order valence-corrected chi connectivity index (χ4v) is 3.71. The zero-order valence-electron chi connectivity index (χ0n) is 13.0. The number of halogens is 2. The maximum atomic E-state index is 12.9. The Bertz CT molecular complexity index is 890. The summed E-state index contributed by atoms with van der Waals surface area (Å²) < 4.78 is 6.18. The van der Waals surface area contributed by atoms with Crippen molar-refractivity contribution in [3.8, 4) is 0 Å². The van der Waals surface area contributed by atoms with Gasteiger partial charge in [0.2, 0.25) is 5.91 Å². The van der Waals surface area contributed by atoms with Gasteiger partial charge in [0.25, 0.3) is 0 Å². The molecule has 126 valence electrons. The molecule has 0 bridgehead atoms. The molecule has 25 heavy (non-hydrogen) atoms. The molecule has 6 heteroatoms. The molecular formula is C19H13BrClNO3. The maximum absolute atomic E-state index is 12.9. The van der Waals surface area contributed by atoms with Gasteiger partial charge in [0.05, 0.1) is 11.3 Å². The minimum Gasteiger partial charge on any atom is -0.456 e. The summed E-state index contributed by atoms with van der Waals surface area (Å²) in [5.74, 6) is -0.717. The first-order chi connectivity index (χ1) is 12.0. The fraction of sp³-hybridized carbons (Fsp3) is 0.158. The van der Waals surface area contributed by atoms with Crippen molar-refractivity contribution in [3.63, 3.8) is 0 Å². The molecular weight excluding hydrogens is 406 g/mol. The van der Waals surface area contributed by atoms with Crippen molar-refractivity contribution in [2.75, 3.05) is 11.5 Å². The van der Waals surface area contributed by atoms with Crippen LogP contribution in [0.25, 0.3) is 0 Å². The van der Waals surface area contributed by atoms with Crippen molar-refractivity contribution in [2.45, 2.75) is 12.3 Å². The lowest BCUT2D eigenvalue weighted by atomic mass is 9.84. The van der Waals surface area contributed by atoms with Crippen LogP contribution in [0.1, 0.15) is 17.9 Å². The summed E-state index contributed by atoms with van der Waals surface area (Å²) in [6.07, 6.45) is 0.214. The number of hydrogen-bond donors (Lipinski definition) is 0. The number of amides is 1. The molecule has 0 N–H and O–H groups in total. The Kier molecular flexibility index (Phi) is 4.13. The number of ether oxygens (including phenoxy) is 1. The number of anilines is 1. The summed E-state index contributed by atoms with van der Waals surface area (Å²) in [5, 5.41) is 0.616. The second kappa shape index (κ2) is 6.32. The van der Waals surface area contributed by atoms with Crippen molar-refractivity contribution >= 4 is 45.1 Å².